The van der Waals surface area contributed by atoms with E-state index in [1.54, 1.807) is 0 Å². The highest BCUT2D eigenvalue weighted by Gasteiger charge is 2.26. The van der Waals surface area contributed by atoms with Crippen molar-refractivity contribution in [2.24, 2.45) is 5.92 Å². The molecule has 3 rings (SSSR count). The third kappa shape index (κ3) is 5.45. The van der Waals surface area contributed by atoms with Crippen molar-refractivity contribution in [2.75, 3.05) is 39.3 Å². The van der Waals surface area contributed by atoms with E-state index in [-0.39, 0.29) is 11.8 Å². The van der Waals surface area contributed by atoms with Crippen LogP contribution >= 0.6 is 0 Å². The summed E-state index contributed by atoms with van der Waals surface area (Å²) in [6.07, 6.45) is 7.15. The Labute approximate surface area is 145 Å². The van der Waals surface area contributed by atoms with E-state index >= 15 is 0 Å². The summed E-state index contributed by atoms with van der Waals surface area (Å²) < 4.78 is 0. The predicted octanol–water partition coefficient (Wildman–Crippen LogP) is 0.578. The molecular formula is C18H32N4O2. The number of carbonyl (C=O) groups excluding carboxylic acids is 2. The lowest BCUT2D eigenvalue weighted by Gasteiger charge is -2.35. The van der Waals surface area contributed by atoms with Crippen LogP contribution in [0.2, 0.25) is 0 Å². The van der Waals surface area contributed by atoms with Gasteiger partial charge in [-0.15, -0.1) is 0 Å². The third-order valence-electron chi connectivity index (χ3n) is 5.51. The molecule has 1 aliphatic heterocycles. The first-order valence-corrected chi connectivity index (χ1v) is 9.63. The van der Waals surface area contributed by atoms with Gasteiger partial charge in [-0.1, -0.05) is 19.8 Å². The van der Waals surface area contributed by atoms with Crippen LogP contribution in [-0.4, -0.2) is 73.0 Å². The van der Waals surface area contributed by atoms with Gasteiger partial charge in [0.15, 0.2) is 0 Å². The van der Waals surface area contributed by atoms with Gasteiger partial charge in [-0.05, 0) is 31.6 Å². The minimum atomic E-state index is 0.143. The van der Waals surface area contributed by atoms with Crippen molar-refractivity contribution in [1.29, 1.82) is 0 Å². The molecule has 6 heteroatoms. The van der Waals surface area contributed by atoms with E-state index in [1.807, 2.05) is 4.90 Å². The fourth-order valence-corrected chi connectivity index (χ4v) is 3.83. The van der Waals surface area contributed by atoms with Crippen LogP contribution in [0, 0.1) is 5.92 Å². The maximum atomic E-state index is 12.2. The van der Waals surface area contributed by atoms with Crippen LogP contribution in [0.25, 0.3) is 0 Å². The number of hydrogen-bond donors (Lipinski definition) is 2. The zero-order chi connectivity index (χ0) is 16.9. The SMILES string of the molecule is C[C@H]1CCC[C@@H](NC(=O)CN2CCN(C(=O)CNC3CC3)CC2)C1. The highest BCUT2D eigenvalue weighted by atomic mass is 16.2. The van der Waals surface area contributed by atoms with Gasteiger partial charge in [-0.2, -0.15) is 0 Å². The Morgan fingerprint density at radius 3 is 2.42 bits per heavy atom. The molecular weight excluding hydrogens is 304 g/mol. The second-order valence-corrected chi connectivity index (χ2v) is 7.85. The molecule has 0 aromatic heterocycles. The monoisotopic (exact) mass is 336 g/mol. The van der Waals surface area contributed by atoms with E-state index in [0.717, 1.165) is 44.9 Å². The second kappa shape index (κ2) is 8.30. The summed E-state index contributed by atoms with van der Waals surface area (Å²) in [6, 6.07) is 0.930. The van der Waals surface area contributed by atoms with Gasteiger partial charge in [0.1, 0.15) is 0 Å². The van der Waals surface area contributed by atoms with E-state index in [9.17, 15) is 9.59 Å². The molecule has 0 radical (unpaired) electrons. The van der Waals surface area contributed by atoms with Crippen molar-refractivity contribution in [3.05, 3.63) is 0 Å². The minimum Gasteiger partial charge on any atom is -0.352 e. The standard InChI is InChI=1S/C18H32N4O2/c1-14-3-2-4-16(11-14)20-17(23)13-21-7-9-22(10-8-21)18(24)12-19-15-5-6-15/h14-16,19H,2-13H2,1H3,(H,20,23)/t14-,16+/m0/s1. The van der Waals surface area contributed by atoms with Crippen molar-refractivity contribution in [2.45, 2.75) is 57.5 Å². The van der Waals surface area contributed by atoms with Crippen LogP contribution in [0.4, 0.5) is 0 Å². The Morgan fingerprint density at radius 2 is 1.75 bits per heavy atom. The molecule has 1 heterocycles. The number of hydrogen-bond acceptors (Lipinski definition) is 4. The van der Waals surface area contributed by atoms with Gasteiger partial charge in [0, 0.05) is 38.3 Å². The van der Waals surface area contributed by atoms with Gasteiger partial charge < -0.3 is 15.5 Å². The molecule has 1 saturated heterocycles. The van der Waals surface area contributed by atoms with Crippen LogP contribution in [0.5, 0.6) is 0 Å². The van der Waals surface area contributed by atoms with Crippen LogP contribution in [0.15, 0.2) is 0 Å². The van der Waals surface area contributed by atoms with Crippen LogP contribution in [-0.2, 0) is 9.59 Å². The van der Waals surface area contributed by atoms with Gasteiger partial charge in [0.2, 0.25) is 11.8 Å². The zero-order valence-electron chi connectivity index (χ0n) is 14.9. The third-order valence-corrected chi connectivity index (χ3v) is 5.51. The molecule has 0 aromatic carbocycles. The number of piperazine rings is 1. The van der Waals surface area contributed by atoms with E-state index in [1.165, 1.54) is 25.7 Å². The molecule has 2 atom stereocenters. The minimum absolute atomic E-state index is 0.143. The first-order valence-electron chi connectivity index (χ1n) is 9.63. The molecule has 0 unspecified atom stereocenters. The first kappa shape index (κ1) is 17.7. The van der Waals surface area contributed by atoms with Crippen molar-refractivity contribution in [3.8, 4) is 0 Å². The second-order valence-electron chi connectivity index (χ2n) is 7.85. The smallest absolute Gasteiger partial charge is 0.236 e. The Morgan fingerprint density at radius 1 is 1.00 bits per heavy atom. The zero-order valence-corrected chi connectivity index (χ0v) is 14.9. The number of rotatable bonds is 6. The quantitative estimate of drug-likeness (QED) is 0.745. The predicted molar refractivity (Wildman–Crippen MR) is 93.6 cm³/mol. The molecule has 0 bridgehead atoms. The summed E-state index contributed by atoms with van der Waals surface area (Å²) in [7, 11) is 0. The Kier molecular flexibility index (Phi) is 6.11. The molecule has 2 aliphatic carbocycles. The van der Waals surface area contributed by atoms with E-state index in [4.69, 9.17) is 0 Å². The van der Waals surface area contributed by atoms with Crippen LogP contribution in [0.3, 0.4) is 0 Å². The maximum absolute atomic E-state index is 12.2. The average Bonchev–Trinajstić information content (AvgIpc) is 3.37. The summed E-state index contributed by atoms with van der Waals surface area (Å²) in [5.41, 5.74) is 0. The largest absolute Gasteiger partial charge is 0.352 e. The van der Waals surface area contributed by atoms with Gasteiger partial charge in [-0.25, -0.2) is 0 Å². The van der Waals surface area contributed by atoms with E-state index in [0.29, 0.717) is 25.2 Å². The molecule has 3 aliphatic rings. The summed E-state index contributed by atoms with van der Waals surface area (Å²) in [5, 5.41) is 6.48. The van der Waals surface area contributed by atoms with Crippen molar-refractivity contribution >= 4 is 11.8 Å². The van der Waals surface area contributed by atoms with Gasteiger partial charge >= 0.3 is 0 Å². The summed E-state index contributed by atoms with van der Waals surface area (Å²) in [5.74, 6) is 1.06. The van der Waals surface area contributed by atoms with Crippen LogP contribution < -0.4 is 10.6 Å². The number of carbonyl (C=O) groups is 2. The Balaban J connectivity index is 1.32. The van der Waals surface area contributed by atoms with Gasteiger partial charge in [0.05, 0.1) is 13.1 Å². The summed E-state index contributed by atoms with van der Waals surface area (Å²) in [6.45, 7) is 6.26. The lowest BCUT2D eigenvalue weighted by Crippen LogP contribution is -2.53. The molecule has 136 valence electrons. The molecule has 2 N–H and O–H groups in total. The highest BCUT2D eigenvalue weighted by molar-refractivity contribution is 5.79. The number of nitrogens with zero attached hydrogens (tertiary/aromatic N) is 2. The lowest BCUT2D eigenvalue weighted by molar-refractivity contribution is -0.132. The lowest BCUT2D eigenvalue weighted by atomic mass is 9.87. The molecule has 6 nitrogen and oxygen atoms in total. The topological polar surface area (TPSA) is 64.7 Å². The van der Waals surface area contributed by atoms with Crippen molar-refractivity contribution in [3.63, 3.8) is 0 Å². The molecule has 2 amide bonds. The fraction of sp³-hybridized carbons (Fsp3) is 0.889. The normalized spacial score (nSPS) is 28.6. The summed E-state index contributed by atoms with van der Waals surface area (Å²) in [4.78, 5) is 28.5. The maximum Gasteiger partial charge on any atom is 0.236 e. The number of amides is 2. The Bertz CT molecular complexity index is 444. The average molecular weight is 336 g/mol. The van der Waals surface area contributed by atoms with Gasteiger partial charge in [-0.3, -0.25) is 14.5 Å². The van der Waals surface area contributed by atoms with E-state index in [2.05, 4.69) is 22.5 Å². The van der Waals surface area contributed by atoms with Gasteiger partial charge in [0.25, 0.3) is 0 Å². The van der Waals surface area contributed by atoms with Crippen LogP contribution in [0.1, 0.15) is 45.4 Å². The fourth-order valence-electron chi connectivity index (χ4n) is 3.83. The molecule has 0 aromatic rings. The molecule has 0 spiro atoms. The Hall–Kier alpha value is -1.14. The molecule has 24 heavy (non-hydrogen) atoms. The van der Waals surface area contributed by atoms with Crippen molar-refractivity contribution in [1.82, 2.24) is 20.4 Å². The number of nitrogens with one attached hydrogen (secondary N) is 2. The van der Waals surface area contributed by atoms with E-state index < -0.39 is 0 Å². The summed E-state index contributed by atoms with van der Waals surface area (Å²) >= 11 is 0. The first-order chi connectivity index (χ1) is 11.6. The van der Waals surface area contributed by atoms with Crippen molar-refractivity contribution < 1.29 is 9.59 Å². The molecule has 2 saturated carbocycles. The molecule has 3 fully saturated rings. The highest BCUT2D eigenvalue weighted by Crippen LogP contribution is 2.23.